The summed E-state index contributed by atoms with van der Waals surface area (Å²) in [6, 6.07) is 9.07. The predicted molar refractivity (Wildman–Crippen MR) is 77.6 cm³/mol. The predicted octanol–water partition coefficient (Wildman–Crippen LogP) is 3.30. The van der Waals surface area contributed by atoms with E-state index in [0.717, 1.165) is 12.2 Å². The summed E-state index contributed by atoms with van der Waals surface area (Å²) in [6.45, 7) is 2.20. The van der Waals surface area contributed by atoms with Crippen molar-refractivity contribution in [1.82, 2.24) is 5.32 Å². The molecule has 19 heavy (non-hydrogen) atoms. The van der Waals surface area contributed by atoms with Crippen LogP contribution in [0, 0.1) is 0 Å². The zero-order valence-corrected chi connectivity index (χ0v) is 12.2. The van der Waals surface area contributed by atoms with Crippen molar-refractivity contribution < 1.29 is 9.47 Å². The lowest BCUT2D eigenvalue weighted by Gasteiger charge is -2.31. The normalized spacial score (nSPS) is 25.0. The van der Waals surface area contributed by atoms with Crippen LogP contribution in [0.5, 0.6) is 5.75 Å². The standard InChI is InChI=1S/C16H25NO2/c1-12(15-9-4-5-10-16(15)19-3)17-13-7-6-8-14(11-13)18-2/h4-5,9-10,12-14,17H,6-8,11H2,1-3H3/t12-,13?,14?/m0/s1. The molecule has 0 bridgehead atoms. The number of ether oxygens (including phenoxy) is 2. The van der Waals surface area contributed by atoms with E-state index in [1.54, 1.807) is 7.11 Å². The van der Waals surface area contributed by atoms with E-state index in [9.17, 15) is 0 Å². The molecule has 1 N–H and O–H groups in total. The van der Waals surface area contributed by atoms with E-state index in [0.29, 0.717) is 18.2 Å². The first-order valence-corrected chi connectivity index (χ1v) is 7.16. The number of hydrogen-bond donors (Lipinski definition) is 1. The quantitative estimate of drug-likeness (QED) is 0.884. The van der Waals surface area contributed by atoms with Crippen LogP contribution in [0.25, 0.3) is 0 Å². The van der Waals surface area contributed by atoms with Crippen molar-refractivity contribution in [2.75, 3.05) is 14.2 Å². The minimum atomic E-state index is 0.303. The molecule has 3 nitrogen and oxygen atoms in total. The van der Waals surface area contributed by atoms with Gasteiger partial charge in [-0.3, -0.25) is 0 Å². The Morgan fingerprint density at radius 2 is 2.00 bits per heavy atom. The average molecular weight is 263 g/mol. The molecular weight excluding hydrogens is 238 g/mol. The summed E-state index contributed by atoms with van der Waals surface area (Å²) >= 11 is 0. The van der Waals surface area contributed by atoms with Gasteiger partial charge in [-0.15, -0.1) is 0 Å². The monoisotopic (exact) mass is 263 g/mol. The maximum absolute atomic E-state index is 5.49. The van der Waals surface area contributed by atoms with E-state index in [1.807, 2.05) is 19.2 Å². The summed E-state index contributed by atoms with van der Waals surface area (Å²) in [5.41, 5.74) is 1.23. The summed E-state index contributed by atoms with van der Waals surface area (Å²) in [5, 5.41) is 3.71. The van der Waals surface area contributed by atoms with Crippen molar-refractivity contribution in [3.8, 4) is 5.75 Å². The number of hydrogen-bond acceptors (Lipinski definition) is 3. The number of para-hydroxylation sites is 1. The Kier molecular flexibility index (Phi) is 5.23. The molecule has 0 aliphatic heterocycles. The van der Waals surface area contributed by atoms with Crippen LogP contribution in [0.3, 0.4) is 0 Å². The third kappa shape index (κ3) is 3.71. The van der Waals surface area contributed by atoms with Crippen LogP contribution in [0.4, 0.5) is 0 Å². The van der Waals surface area contributed by atoms with Crippen LogP contribution in [0.2, 0.25) is 0 Å². The van der Waals surface area contributed by atoms with Gasteiger partial charge in [0, 0.05) is 24.8 Å². The topological polar surface area (TPSA) is 30.5 Å². The van der Waals surface area contributed by atoms with Crippen LogP contribution in [-0.4, -0.2) is 26.4 Å². The van der Waals surface area contributed by atoms with Gasteiger partial charge in [0.05, 0.1) is 13.2 Å². The molecule has 1 saturated carbocycles. The Morgan fingerprint density at radius 3 is 2.74 bits per heavy atom. The molecule has 1 aliphatic rings. The Labute approximate surface area is 116 Å². The van der Waals surface area contributed by atoms with E-state index in [2.05, 4.69) is 24.4 Å². The first-order valence-electron chi connectivity index (χ1n) is 7.16. The Balaban J connectivity index is 1.98. The summed E-state index contributed by atoms with van der Waals surface area (Å²) in [4.78, 5) is 0. The van der Waals surface area contributed by atoms with Gasteiger partial charge in [0.2, 0.25) is 0 Å². The van der Waals surface area contributed by atoms with Crippen LogP contribution >= 0.6 is 0 Å². The first-order chi connectivity index (χ1) is 9.24. The van der Waals surface area contributed by atoms with Crippen molar-refractivity contribution in [2.45, 2.75) is 50.8 Å². The molecule has 0 amide bonds. The molecule has 2 rings (SSSR count). The minimum absolute atomic E-state index is 0.303. The second kappa shape index (κ2) is 6.92. The second-order valence-electron chi connectivity index (χ2n) is 5.35. The van der Waals surface area contributed by atoms with Gasteiger partial charge in [0.25, 0.3) is 0 Å². The van der Waals surface area contributed by atoms with Gasteiger partial charge in [0.1, 0.15) is 5.75 Å². The molecular formula is C16H25NO2. The Bertz CT molecular complexity index is 394. The van der Waals surface area contributed by atoms with Crippen LogP contribution in [0.1, 0.15) is 44.2 Å². The van der Waals surface area contributed by atoms with Gasteiger partial charge in [-0.25, -0.2) is 0 Å². The summed E-state index contributed by atoms with van der Waals surface area (Å²) in [5.74, 6) is 0.960. The lowest BCUT2D eigenvalue weighted by Crippen LogP contribution is -2.38. The molecule has 1 aromatic rings. The third-order valence-corrected chi connectivity index (χ3v) is 4.05. The van der Waals surface area contributed by atoms with E-state index in [4.69, 9.17) is 9.47 Å². The first kappa shape index (κ1) is 14.4. The minimum Gasteiger partial charge on any atom is -0.496 e. The Morgan fingerprint density at radius 1 is 1.21 bits per heavy atom. The lowest BCUT2D eigenvalue weighted by molar-refractivity contribution is 0.0572. The van der Waals surface area contributed by atoms with Gasteiger partial charge in [0.15, 0.2) is 0 Å². The number of methoxy groups -OCH3 is 2. The van der Waals surface area contributed by atoms with Crippen molar-refractivity contribution in [3.63, 3.8) is 0 Å². The van der Waals surface area contributed by atoms with Crippen molar-refractivity contribution in [3.05, 3.63) is 29.8 Å². The van der Waals surface area contributed by atoms with E-state index in [1.165, 1.54) is 24.8 Å². The lowest BCUT2D eigenvalue weighted by atomic mass is 9.91. The maximum Gasteiger partial charge on any atom is 0.123 e. The fraction of sp³-hybridized carbons (Fsp3) is 0.625. The van der Waals surface area contributed by atoms with Gasteiger partial charge >= 0.3 is 0 Å². The highest BCUT2D eigenvalue weighted by Crippen LogP contribution is 2.27. The van der Waals surface area contributed by atoms with E-state index >= 15 is 0 Å². The SMILES string of the molecule is COc1ccccc1[C@H](C)NC1CCCC(OC)C1. The zero-order valence-electron chi connectivity index (χ0n) is 12.2. The molecule has 0 radical (unpaired) electrons. The summed E-state index contributed by atoms with van der Waals surface area (Å²) in [7, 11) is 3.55. The smallest absolute Gasteiger partial charge is 0.123 e. The molecule has 0 spiro atoms. The number of benzene rings is 1. The van der Waals surface area contributed by atoms with Crippen molar-refractivity contribution in [1.29, 1.82) is 0 Å². The largest absolute Gasteiger partial charge is 0.496 e. The highest BCUT2D eigenvalue weighted by Gasteiger charge is 2.23. The zero-order chi connectivity index (χ0) is 13.7. The van der Waals surface area contributed by atoms with Gasteiger partial charge in [-0.1, -0.05) is 18.2 Å². The van der Waals surface area contributed by atoms with Crippen molar-refractivity contribution >= 4 is 0 Å². The van der Waals surface area contributed by atoms with Crippen LogP contribution in [0.15, 0.2) is 24.3 Å². The molecule has 0 saturated heterocycles. The molecule has 0 aromatic heterocycles. The highest BCUT2D eigenvalue weighted by molar-refractivity contribution is 5.35. The van der Waals surface area contributed by atoms with Gasteiger partial charge in [-0.2, -0.15) is 0 Å². The summed E-state index contributed by atoms with van der Waals surface area (Å²) < 4.78 is 10.9. The molecule has 106 valence electrons. The van der Waals surface area contributed by atoms with Crippen molar-refractivity contribution in [2.24, 2.45) is 0 Å². The maximum atomic E-state index is 5.49. The molecule has 3 heteroatoms. The van der Waals surface area contributed by atoms with E-state index < -0.39 is 0 Å². The van der Waals surface area contributed by atoms with Crippen LogP contribution in [-0.2, 0) is 4.74 Å². The molecule has 3 atom stereocenters. The fourth-order valence-corrected chi connectivity index (χ4v) is 2.98. The fourth-order valence-electron chi connectivity index (χ4n) is 2.98. The molecule has 1 aliphatic carbocycles. The Hall–Kier alpha value is -1.06. The molecule has 1 fully saturated rings. The molecule has 0 heterocycles. The molecule has 2 unspecified atom stereocenters. The third-order valence-electron chi connectivity index (χ3n) is 4.05. The van der Waals surface area contributed by atoms with Crippen LogP contribution < -0.4 is 10.1 Å². The molecule has 1 aromatic carbocycles. The van der Waals surface area contributed by atoms with Gasteiger partial charge in [-0.05, 0) is 38.7 Å². The number of nitrogens with one attached hydrogen (secondary N) is 1. The van der Waals surface area contributed by atoms with Gasteiger partial charge < -0.3 is 14.8 Å². The highest BCUT2D eigenvalue weighted by atomic mass is 16.5. The second-order valence-corrected chi connectivity index (χ2v) is 5.35. The summed E-state index contributed by atoms with van der Waals surface area (Å²) in [6.07, 6.45) is 5.19. The average Bonchev–Trinajstić information content (AvgIpc) is 2.47. The number of rotatable bonds is 5. The van der Waals surface area contributed by atoms with E-state index in [-0.39, 0.29) is 0 Å².